The van der Waals surface area contributed by atoms with Crippen LogP contribution in [-0.2, 0) is 4.74 Å². The Kier molecular flexibility index (Phi) is 5.86. The van der Waals surface area contributed by atoms with Gasteiger partial charge in [0.25, 0.3) is 0 Å². The van der Waals surface area contributed by atoms with Gasteiger partial charge in [-0.2, -0.15) is 0 Å². The molecule has 0 aromatic rings. The minimum absolute atomic E-state index is 0.0951. The first-order valence-corrected chi connectivity index (χ1v) is 6.65. The zero-order chi connectivity index (χ0) is 12.9. The molecule has 0 spiro atoms. The summed E-state index contributed by atoms with van der Waals surface area (Å²) in [6.07, 6.45) is 0. The van der Waals surface area contributed by atoms with Crippen LogP contribution in [0.4, 0.5) is 0 Å². The molecule has 0 saturated carbocycles. The van der Waals surface area contributed by atoms with Crippen LogP contribution in [0.2, 0.25) is 0 Å². The summed E-state index contributed by atoms with van der Waals surface area (Å²) in [5.74, 6) is 0. The van der Waals surface area contributed by atoms with E-state index in [0.29, 0.717) is 6.04 Å². The van der Waals surface area contributed by atoms with Crippen molar-refractivity contribution >= 4 is 0 Å². The molecule has 1 rings (SSSR count). The Morgan fingerprint density at radius 2 is 1.82 bits per heavy atom. The van der Waals surface area contributed by atoms with E-state index in [2.05, 4.69) is 42.9 Å². The van der Waals surface area contributed by atoms with E-state index < -0.39 is 0 Å². The Labute approximate surface area is 106 Å². The SMILES string of the molecule is COC(C)(C)C(C)NCCN1CCN(C)CC1. The standard InChI is InChI=1S/C13H29N3O/c1-12(13(2,3)17-5)14-6-7-16-10-8-15(4)9-11-16/h12,14H,6-11H2,1-5H3. The van der Waals surface area contributed by atoms with Gasteiger partial charge >= 0.3 is 0 Å². The molecule has 1 heterocycles. The minimum Gasteiger partial charge on any atom is -0.377 e. The van der Waals surface area contributed by atoms with E-state index in [1.165, 1.54) is 26.2 Å². The molecule has 0 aromatic heterocycles. The summed E-state index contributed by atoms with van der Waals surface area (Å²) in [6, 6.07) is 0.375. The molecule has 4 nitrogen and oxygen atoms in total. The third kappa shape index (κ3) is 4.92. The summed E-state index contributed by atoms with van der Waals surface area (Å²) in [4.78, 5) is 4.92. The number of hydrogen-bond donors (Lipinski definition) is 1. The summed E-state index contributed by atoms with van der Waals surface area (Å²) in [5, 5.41) is 3.55. The summed E-state index contributed by atoms with van der Waals surface area (Å²) in [7, 11) is 3.97. The molecule has 17 heavy (non-hydrogen) atoms. The molecule has 0 amide bonds. The molecule has 1 unspecified atom stereocenters. The molecule has 0 radical (unpaired) electrons. The van der Waals surface area contributed by atoms with Crippen molar-refractivity contribution in [1.82, 2.24) is 15.1 Å². The molecule has 1 fully saturated rings. The lowest BCUT2D eigenvalue weighted by atomic mass is 10.0. The maximum atomic E-state index is 5.47. The van der Waals surface area contributed by atoms with E-state index in [4.69, 9.17) is 4.74 Å². The molecular formula is C13H29N3O. The lowest BCUT2D eigenvalue weighted by molar-refractivity contribution is -0.00563. The predicted octanol–water partition coefficient (Wildman–Crippen LogP) is 0.637. The fraction of sp³-hybridized carbons (Fsp3) is 1.00. The highest BCUT2D eigenvalue weighted by atomic mass is 16.5. The molecule has 1 N–H and O–H groups in total. The number of methoxy groups -OCH3 is 1. The van der Waals surface area contributed by atoms with Crippen molar-refractivity contribution in [2.45, 2.75) is 32.4 Å². The molecule has 1 saturated heterocycles. The highest BCUT2D eigenvalue weighted by molar-refractivity contribution is 4.82. The van der Waals surface area contributed by atoms with Crippen LogP contribution >= 0.6 is 0 Å². The number of ether oxygens (including phenoxy) is 1. The highest BCUT2D eigenvalue weighted by Crippen LogP contribution is 2.12. The van der Waals surface area contributed by atoms with Crippen LogP contribution < -0.4 is 5.32 Å². The molecular weight excluding hydrogens is 214 g/mol. The van der Waals surface area contributed by atoms with Crippen LogP contribution in [-0.4, -0.2) is 74.9 Å². The predicted molar refractivity (Wildman–Crippen MR) is 72.5 cm³/mol. The van der Waals surface area contributed by atoms with E-state index in [1.807, 2.05) is 0 Å². The first-order chi connectivity index (χ1) is 7.95. The van der Waals surface area contributed by atoms with Crippen molar-refractivity contribution in [2.75, 3.05) is 53.4 Å². The molecule has 4 heteroatoms. The van der Waals surface area contributed by atoms with Crippen molar-refractivity contribution in [3.8, 4) is 0 Å². The molecule has 1 aliphatic rings. The Balaban J connectivity index is 2.15. The molecule has 0 aliphatic carbocycles. The molecule has 1 aliphatic heterocycles. The third-order valence-electron chi connectivity index (χ3n) is 4.04. The van der Waals surface area contributed by atoms with Crippen molar-refractivity contribution in [1.29, 1.82) is 0 Å². The van der Waals surface area contributed by atoms with Crippen LogP contribution in [0.1, 0.15) is 20.8 Å². The first-order valence-electron chi connectivity index (χ1n) is 6.65. The Morgan fingerprint density at radius 1 is 1.24 bits per heavy atom. The second kappa shape index (κ2) is 6.69. The highest BCUT2D eigenvalue weighted by Gasteiger charge is 2.24. The number of likely N-dealkylation sites (N-methyl/N-ethyl adjacent to an activating group) is 1. The van der Waals surface area contributed by atoms with Crippen molar-refractivity contribution < 1.29 is 4.74 Å². The van der Waals surface area contributed by atoms with Gasteiger partial charge in [-0.15, -0.1) is 0 Å². The van der Waals surface area contributed by atoms with Gasteiger partial charge in [-0.3, -0.25) is 4.90 Å². The molecule has 102 valence electrons. The Bertz CT molecular complexity index is 213. The van der Waals surface area contributed by atoms with Crippen LogP contribution in [0, 0.1) is 0 Å². The van der Waals surface area contributed by atoms with Crippen molar-refractivity contribution in [2.24, 2.45) is 0 Å². The second-order valence-corrected chi connectivity index (χ2v) is 5.63. The van der Waals surface area contributed by atoms with Gasteiger partial charge in [0.15, 0.2) is 0 Å². The largest absolute Gasteiger partial charge is 0.377 e. The average molecular weight is 243 g/mol. The lowest BCUT2D eigenvalue weighted by Crippen LogP contribution is -2.50. The molecule has 1 atom stereocenters. The maximum absolute atomic E-state index is 5.47. The fourth-order valence-corrected chi connectivity index (χ4v) is 1.93. The van der Waals surface area contributed by atoms with Crippen LogP contribution in [0.15, 0.2) is 0 Å². The zero-order valence-electron chi connectivity index (χ0n) is 12.1. The summed E-state index contributed by atoms with van der Waals surface area (Å²) in [5.41, 5.74) is -0.0951. The van der Waals surface area contributed by atoms with Crippen LogP contribution in [0.5, 0.6) is 0 Å². The second-order valence-electron chi connectivity index (χ2n) is 5.63. The van der Waals surface area contributed by atoms with E-state index in [1.54, 1.807) is 7.11 Å². The van der Waals surface area contributed by atoms with E-state index >= 15 is 0 Å². The van der Waals surface area contributed by atoms with Gasteiger partial charge in [-0.1, -0.05) is 0 Å². The summed E-state index contributed by atoms with van der Waals surface area (Å²) < 4.78 is 5.47. The van der Waals surface area contributed by atoms with Crippen LogP contribution in [0.25, 0.3) is 0 Å². The number of nitrogens with one attached hydrogen (secondary N) is 1. The van der Waals surface area contributed by atoms with Crippen LogP contribution in [0.3, 0.4) is 0 Å². The molecule has 0 bridgehead atoms. The Morgan fingerprint density at radius 3 is 2.35 bits per heavy atom. The lowest BCUT2D eigenvalue weighted by Gasteiger charge is -2.34. The third-order valence-corrected chi connectivity index (χ3v) is 4.04. The zero-order valence-corrected chi connectivity index (χ0v) is 12.1. The van der Waals surface area contributed by atoms with Gasteiger partial charge in [-0.25, -0.2) is 0 Å². The first kappa shape index (κ1) is 14.9. The van der Waals surface area contributed by atoms with Crippen molar-refractivity contribution in [3.63, 3.8) is 0 Å². The Hall–Kier alpha value is -0.160. The monoisotopic (exact) mass is 243 g/mol. The van der Waals surface area contributed by atoms with E-state index in [-0.39, 0.29) is 5.60 Å². The normalized spacial score (nSPS) is 21.7. The number of nitrogens with zero attached hydrogens (tertiary/aromatic N) is 2. The van der Waals surface area contributed by atoms with E-state index in [9.17, 15) is 0 Å². The average Bonchev–Trinajstić information content (AvgIpc) is 2.31. The van der Waals surface area contributed by atoms with Gasteiger partial charge in [0.2, 0.25) is 0 Å². The maximum Gasteiger partial charge on any atom is 0.0772 e. The smallest absolute Gasteiger partial charge is 0.0772 e. The molecule has 0 aromatic carbocycles. The summed E-state index contributed by atoms with van der Waals surface area (Å²) >= 11 is 0. The van der Waals surface area contributed by atoms with Gasteiger partial charge in [0, 0.05) is 52.4 Å². The fourth-order valence-electron chi connectivity index (χ4n) is 1.93. The topological polar surface area (TPSA) is 27.7 Å². The minimum atomic E-state index is -0.0951. The van der Waals surface area contributed by atoms with Crippen molar-refractivity contribution in [3.05, 3.63) is 0 Å². The number of hydrogen-bond acceptors (Lipinski definition) is 4. The van der Waals surface area contributed by atoms with Gasteiger partial charge in [0.1, 0.15) is 0 Å². The number of rotatable bonds is 6. The van der Waals surface area contributed by atoms with Gasteiger partial charge in [0.05, 0.1) is 5.60 Å². The summed E-state index contributed by atoms with van der Waals surface area (Å²) in [6.45, 7) is 13.4. The van der Waals surface area contributed by atoms with E-state index in [0.717, 1.165) is 13.1 Å². The van der Waals surface area contributed by atoms with Gasteiger partial charge in [-0.05, 0) is 27.8 Å². The quantitative estimate of drug-likeness (QED) is 0.741. The number of piperazine rings is 1. The van der Waals surface area contributed by atoms with Gasteiger partial charge < -0.3 is 15.0 Å².